The van der Waals surface area contributed by atoms with Crippen LogP contribution in [0.1, 0.15) is 46.0 Å². The number of rotatable bonds is 0. The summed E-state index contributed by atoms with van der Waals surface area (Å²) in [5, 5.41) is 0. The highest BCUT2D eigenvalue weighted by Gasteiger charge is 2.52. The Labute approximate surface area is 91.9 Å². The third-order valence-corrected chi connectivity index (χ3v) is 5.17. The molecule has 0 aromatic rings. The van der Waals surface area contributed by atoms with Crippen LogP contribution in [0.3, 0.4) is 0 Å². The van der Waals surface area contributed by atoms with Crippen LogP contribution in [0, 0.1) is 23.7 Å². The Morgan fingerprint density at radius 1 is 0.933 bits per heavy atom. The number of carbonyl (C=O) groups is 1. The third-order valence-electron chi connectivity index (χ3n) is 5.17. The van der Waals surface area contributed by atoms with Gasteiger partial charge in [-0.15, -0.1) is 0 Å². The van der Waals surface area contributed by atoms with Gasteiger partial charge in [0, 0.05) is 11.8 Å². The normalized spacial score (nSPS) is 44.5. The number of carbonyl (C=O) groups excluding carboxylic acids is 1. The number of fused-ring (bicyclic) bond motifs is 5. The Hall–Kier alpha value is -0.590. The minimum atomic E-state index is 0.403. The van der Waals surface area contributed by atoms with Crippen LogP contribution in [0.5, 0.6) is 0 Å². The van der Waals surface area contributed by atoms with Crippen molar-refractivity contribution in [3.05, 3.63) is 11.1 Å². The molecule has 1 heteroatoms. The number of allylic oxidation sites excluding steroid dienone is 2. The molecular formula is C14H20O. The predicted octanol–water partition coefficient (Wildman–Crippen LogP) is 3.35. The zero-order chi connectivity index (χ0) is 10.6. The second-order valence-corrected chi connectivity index (χ2v) is 5.84. The van der Waals surface area contributed by atoms with E-state index in [1.165, 1.54) is 30.4 Å². The monoisotopic (exact) mass is 204 g/mol. The molecule has 0 N–H and O–H groups in total. The van der Waals surface area contributed by atoms with Gasteiger partial charge in [0.05, 0.1) is 0 Å². The molecule has 82 valence electrons. The van der Waals surface area contributed by atoms with Crippen LogP contribution in [0.2, 0.25) is 0 Å². The van der Waals surface area contributed by atoms with Gasteiger partial charge in [-0.25, -0.2) is 0 Å². The van der Waals surface area contributed by atoms with Crippen LogP contribution in [-0.4, -0.2) is 5.78 Å². The summed E-state index contributed by atoms with van der Waals surface area (Å²) < 4.78 is 0. The van der Waals surface area contributed by atoms with Crippen LogP contribution in [0.15, 0.2) is 11.1 Å². The van der Waals surface area contributed by atoms with E-state index in [2.05, 4.69) is 13.8 Å². The van der Waals surface area contributed by atoms with Crippen molar-refractivity contribution in [2.45, 2.75) is 46.0 Å². The Morgan fingerprint density at radius 2 is 1.40 bits per heavy atom. The van der Waals surface area contributed by atoms with Gasteiger partial charge in [-0.05, 0) is 51.4 Å². The first-order chi connectivity index (χ1) is 7.18. The van der Waals surface area contributed by atoms with Gasteiger partial charge in [-0.2, -0.15) is 0 Å². The first kappa shape index (κ1) is 9.62. The van der Waals surface area contributed by atoms with E-state index in [1.54, 1.807) is 0 Å². The lowest BCUT2D eigenvalue weighted by Gasteiger charge is -2.21. The van der Waals surface area contributed by atoms with E-state index in [1.807, 2.05) is 0 Å². The van der Waals surface area contributed by atoms with Gasteiger partial charge in [-0.1, -0.05) is 17.6 Å². The van der Waals surface area contributed by atoms with Gasteiger partial charge < -0.3 is 0 Å². The lowest BCUT2D eigenvalue weighted by atomic mass is 9.82. The fraction of sp³-hybridized carbons (Fsp3) is 0.786. The van der Waals surface area contributed by atoms with E-state index in [9.17, 15) is 4.79 Å². The summed E-state index contributed by atoms with van der Waals surface area (Å²) in [5.74, 6) is 2.93. The maximum atomic E-state index is 12.3. The molecule has 2 bridgehead atoms. The summed E-state index contributed by atoms with van der Waals surface area (Å²) in [6, 6.07) is 0. The van der Waals surface area contributed by atoms with Gasteiger partial charge in [0.25, 0.3) is 0 Å². The van der Waals surface area contributed by atoms with Crippen molar-refractivity contribution in [1.29, 1.82) is 0 Å². The zero-order valence-electron chi connectivity index (χ0n) is 9.75. The Bertz CT molecular complexity index is 309. The lowest BCUT2D eigenvalue weighted by molar-refractivity contribution is -0.124. The molecule has 0 spiro atoms. The molecule has 0 aliphatic heterocycles. The topological polar surface area (TPSA) is 17.1 Å². The van der Waals surface area contributed by atoms with Crippen molar-refractivity contribution in [2.75, 3.05) is 0 Å². The van der Waals surface area contributed by atoms with E-state index in [-0.39, 0.29) is 0 Å². The summed E-state index contributed by atoms with van der Waals surface area (Å²) in [4.78, 5) is 12.3. The van der Waals surface area contributed by atoms with Crippen molar-refractivity contribution < 1.29 is 4.79 Å². The van der Waals surface area contributed by atoms with E-state index < -0.39 is 0 Å². The summed E-state index contributed by atoms with van der Waals surface area (Å²) in [7, 11) is 0. The quantitative estimate of drug-likeness (QED) is 0.553. The van der Waals surface area contributed by atoms with Crippen LogP contribution >= 0.6 is 0 Å². The Balaban J connectivity index is 1.99. The molecule has 0 saturated heterocycles. The predicted molar refractivity (Wildman–Crippen MR) is 60.4 cm³/mol. The second kappa shape index (κ2) is 3.20. The van der Waals surface area contributed by atoms with E-state index >= 15 is 0 Å². The maximum Gasteiger partial charge on any atom is 0.140 e. The average molecular weight is 204 g/mol. The summed E-state index contributed by atoms with van der Waals surface area (Å²) in [5.41, 5.74) is 3.00. The van der Waals surface area contributed by atoms with Gasteiger partial charge in [0.1, 0.15) is 5.78 Å². The van der Waals surface area contributed by atoms with Crippen LogP contribution in [0.4, 0.5) is 0 Å². The first-order valence-corrected chi connectivity index (χ1v) is 6.37. The van der Waals surface area contributed by atoms with Gasteiger partial charge in [0.2, 0.25) is 0 Å². The molecule has 15 heavy (non-hydrogen) atoms. The van der Waals surface area contributed by atoms with Crippen molar-refractivity contribution >= 4 is 5.78 Å². The van der Waals surface area contributed by atoms with Crippen LogP contribution in [0.25, 0.3) is 0 Å². The summed E-state index contributed by atoms with van der Waals surface area (Å²) >= 11 is 0. The molecule has 3 aliphatic rings. The molecule has 4 atom stereocenters. The highest BCUT2D eigenvalue weighted by molar-refractivity contribution is 5.87. The van der Waals surface area contributed by atoms with Gasteiger partial charge >= 0.3 is 0 Å². The molecule has 0 aromatic carbocycles. The molecule has 3 aliphatic carbocycles. The maximum absolute atomic E-state index is 12.3. The third kappa shape index (κ3) is 1.25. The largest absolute Gasteiger partial charge is 0.299 e. The molecule has 0 heterocycles. The van der Waals surface area contributed by atoms with Crippen molar-refractivity contribution in [2.24, 2.45) is 23.7 Å². The zero-order valence-corrected chi connectivity index (χ0v) is 9.75. The average Bonchev–Trinajstić information content (AvgIpc) is 2.72. The minimum Gasteiger partial charge on any atom is -0.299 e. The fourth-order valence-electron chi connectivity index (χ4n) is 4.23. The second-order valence-electron chi connectivity index (χ2n) is 5.84. The van der Waals surface area contributed by atoms with Gasteiger partial charge in [0.15, 0.2) is 0 Å². The van der Waals surface area contributed by atoms with Crippen molar-refractivity contribution in [1.82, 2.24) is 0 Å². The van der Waals surface area contributed by atoms with Crippen LogP contribution < -0.4 is 0 Å². The van der Waals surface area contributed by atoms with E-state index in [0.29, 0.717) is 17.6 Å². The smallest absolute Gasteiger partial charge is 0.140 e. The molecule has 2 fully saturated rings. The SMILES string of the molecule is CC1=C(C)C[C@H]2C(=O)[C@@H](C1)[C@@H]1CCC[C@@H]12. The number of Topliss-reactive ketones (excluding diaryl/α,β-unsaturated/α-hetero) is 1. The highest BCUT2D eigenvalue weighted by Crippen LogP contribution is 2.54. The van der Waals surface area contributed by atoms with Crippen molar-refractivity contribution in [3.63, 3.8) is 0 Å². The number of hydrogen-bond donors (Lipinski definition) is 0. The molecule has 2 saturated carbocycles. The molecule has 0 aromatic heterocycles. The molecule has 0 radical (unpaired) electrons. The molecule has 0 unspecified atom stereocenters. The Morgan fingerprint density at radius 3 is 1.87 bits per heavy atom. The highest BCUT2D eigenvalue weighted by atomic mass is 16.1. The first-order valence-electron chi connectivity index (χ1n) is 6.37. The molecular weight excluding hydrogens is 184 g/mol. The number of hydrogen-bond acceptors (Lipinski definition) is 1. The van der Waals surface area contributed by atoms with E-state index in [4.69, 9.17) is 0 Å². The molecule has 1 nitrogen and oxygen atoms in total. The summed E-state index contributed by atoms with van der Waals surface area (Å²) in [6.45, 7) is 4.46. The lowest BCUT2D eigenvalue weighted by Crippen LogP contribution is -2.16. The summed E-state index contributed by atoms with van der Waals surface area (Å²) in [6.07, 6.45) is 6.16. The Kier molecular flexibility index (Phi) is 2.05. The van der Waals surface area contributed by atoms with Gasteiger partial charge in [-0.3, -0.25) is 4.79 Å². The minimum absolute atomic E-state index is 0.403. The van der Waals surface area contributed by atoms with Crippen LogP contribution in [-0.2, 0) is 4.79 Å². The van der Waals surface area contributed by atoms with E-state index in [0.717, 1.165) is 24.7 Å². The fourth-order valence-corrected chi connectivity index (χ4v) is 4.23. The number of ketones is 1. The molecule has 0 amide bonds. The van der Waals surface area contributed by atoms with Crippen molar-refractivity contribution in [3.8, 4) is 0 Å². The molecule has 3 rings (SSSR count). The standard InChI is InChI=1S/C14H20O/c1-8-6-12-10-4-3-5-11(10)13(14(12)15)7-9(8)2/h10-13H,3-7H2,1-2H3/t10-,11+,12+,13-.